The number of hydrogen-bond acceptors (Lipinski definition) is 4. The van der Waals surface area contributed by atoms with E-state index in [1.54, 1.807) is 55.5 Å². The normalized spacial score (nSPS) is 10.3. The van der Waals surface area contributed by atoms with Crippen LogP contribution in [0.25, 0.3) is 0 Å². The molecule has 0 saturated heterocycles. The molecule has 6 nitrogen and oxygen atoms in total. The van der Waals surface area contributed by atoms with E-state index in [9.17, 15) is 14.4 Å². The average Bonchev–Trinajstić information content (AvgIpc) is 2.82. The maximum absolute atomic E-state index is 12.7. The number of ketones is 1. The van der Waals surface area contributed by atoms with Gasteiger partial charge in [0, 0.05) is 18.5 Å². The molecule has 3 aromatic rings. The molecular weight excluding hydrogens is 404 g/mol. The lowest BCUT2D eigenvalue weighted by molar-refractivity contribution is -0.118. The number of amides is 2. The topological polar surface area (TPSA) is 84.5 Å². The Hall–Kier alpha value is -3.93. The summed E-state index contributed by atoms with van der Waals surface area (Å²) in [6, 6.07) is 21.4. The summed E-state index contributed by atoms with van der Waals surface area (Å²) in [4.78, 5) is 36.7. The molecule has 6 heteroatoms. The molecule has 0 fully saturated rings. The number of rotatable bonds is 9. The number of carbonyl (C=O) groups excluding carboxylic acids is 3. The Morgan fingerprint density at radius 2 is 1.56 bits per heavy atom. The predicted molar refractivity (Wildman–Crippen MR) is 124 cm³/mol. The first-order valence-electron chi connectivity index (χ1n) is 10.4. The number of nitrogens with one attached hydrogen (secondary N) is 2. The van der Waals surface area contributed by atoms with E-state index in [4.69, 9.17) is 4.74 Å². The zero-order valence-corrected chi connectivity index (χ0v) is 18.2. The highest BCUT2D eigenvalue weighted by Gasteiger charge is 2.13. The summed E-state index contributed by atoms with van der Waals surface area (Å²) in [7, 11) is 0. The van der Waals surface area contributed by atoms with Gasteiger partial charge in [0.15, 0.2) is 12.4 Å². The van der Waals surface area contributed by atoms with Crippen molar-refractivity contribution in [2.75, 3.05) is 11.9 Å². The van der Waals surface area contributed by atoms with Crippen LogP contribution in [-0.4, -0.2) is 24.2 Å². The van der Waals surface area contributed by atoms with Crippen LogP contribution in [-0.2, 0) is 11.3 Å². The van der Waals surface area contributed by atoms with Crippen molar-refractivity contribution in [3.63, 3.8) is 0 Å². The Morgan fingerprint density at radius 3 is 2.25 bits per heavy atom. The van der Waals surface area contributed by atoms with E-state index >= 15 is 0 Å². The molecule has 3 rings (SSSR count). The van der Waals surface area contributed by atoms with Crippen molar-refractivity contribution in [1.29, 1.82) is 0 Å². The van der Waals surface area contributed by atoms with Gasteiger partial charge in [-0.05, 0) is 48.9 Å². The van der Waals surface area contributed by atoms with Crippen molar-refractivity contribution < 1.29 is 19.1 Å². The molecule has 0 heterocycles. The largest absolute Gasteiger partial charge is 0.484 e. The first-order valence-corrected chi connectivity index (χ1v) is 10.4. The van der Waals surface area contributed by atoms with E-state index in [2.05, 4.69) is 10.6 Å². The lowest BCUT2D eigenvalue weighted by Crippen LogP contribution is -2.26. The summed E-state index contributed by atoms with van der Waals surface area (Å²) in [5, 5.41) is 5.60. The quantitative estimate of drug-likeness (QED) is 0.488. The minimum atomic E-state index is -0.391. The number of ether oxygens (including phenoxy) is 1. The van der Waals surface area contributed by atoms with Gasteiger partial charge in [-0.25, -0.2) is 0 Å². The average molecular weight is 431 g/mol. The summed E-state index contributed by atoms with van der Waals surface area (Å²) in [6.07, 6.45) is 0.431. The van der Waals surface area contributed by atoms with Gasteiger partial charge in [0.2, 0.25) is 0 Å². The fourth-order valence-electron chi connectivity index (χ4n) is 3.05. The van der Waals surface area contributed by atoms with E-state index in [0.29, 0.717) is 35.5 Å². The van der Waals surface area contributed by atoms with Crippen LogP contribution in [0.1, 0.15) is 45.2 Å². The summed E-state index contributed by atoms with van der Waals surface area (Å²) < 4.78 is 5.50. The highest BCUT2D eigenvalue weighted by Crippen LogP contribution is 2.17. The van der Waals surface area contributed by atoms with Crippen LogP contribution in [0.3, 0.4) is 0 Å². The Balaban J connectivity index is 1.56. The Morgan fingerprint density at radius 1 is 0.875 bits per heavy atom. The molecule has 3 aromatic carbocycles. The molecule has 0 spiro atoms. The van der Waals surface area contributed by atoms with Crippen LogP contribution >= 0.6 is 0 Å². The predicted octanol–water partition coefficient (Wildman–Crippen LogP) is 4.54. The van der Waals surface area contributed by atoms with Crippen molar-refractivity contribution in [2.24, 2.45) is 0 Å². The van der Waals surface area contributed by atoms with Crippen molar-refractivity contribution in [3.05, 3.63) is 95.1 Å². The zero-order chi connectivity index (χ0) is 22.9. The van der Waals surface area contributed by atoms with Gasteiger partial charge < -0.3 is 15.4 Å². The lowest BCUT2D eigenvalue weighted by atomic mass is 10.1. The van der Waals surface area contributed by atoms with Crippen LogP contribution in [0.15, 0.2) is 72.8 Å². The van der Waals surface area contributed by atoms with Gasteiger partial charge in [-0.15, -0.1) is 0 Å². The van der Waals surface area contributed by atoms with Crippen molar-refractivity contribution in [2.45, 2.75) is 26.8 Å². The zero-order valence-electron chi connectivity index (χ0n) is 18.2. The number of aryl methyl sites for hydroxylation is 1. The van der Waals surface area contributed by atoms with Gasteiger partial charge in [0.05, 0.1) is 11.3 Å². The van der Waals surface area contributed by atoms with Gasteiger partial charge >= 0.3 is 0 Å². The molecule has 0 unspecified atom stereocenters. The van der Waals surface area contributed by atoms with Crippen LogP contribution in [0, 0.1) is 6.92 Å². The molecular formula is C26H26N2O4. The third-order valence-corrected chi connectivity index (χ3v) is 4.89. The SMILES string of the molecule is CCC(=O)c1ccc(OCC(=O)Nc2ccccc2C(=O)NCc2ccc(C)cc2)cc1. The smallest absolute Gasteiger partial charge is 0.262 e. The molecule has 0 aromatic heterocycles. The number of benzene rings is 3. The molecule has 0 radical (unpaired) electrons. The van der Waals surface area contributed by atoms with Crippen LogP contribution in [0.2, 0.25) is 0 Å². The van der Waals surface area contributed by atoms with Crippen LogP contribution in [0.4, 0.5) is 5.69 Å². The second kappa shape index (κ2) is 10.9. The first kappa shape index (κ1) is 22.7. The van der Waals surface area contributed by atoms with Crippen molar-refractivity contribution >= 4 is 23.3 Å². The minimum Gasteiger partial charge on any atom is -0.484 e. The van der Waals surface area contributed by atoms with E-state index in [0.717, 1.165) is 11.1 Å². The Bertz CT molecular complexity index is 1090. The van der Waals surface area contributed by atoms with Gasteiger partial charge in [-0.3, -0.25) is 14.4 Å². The standard InChI is InChI=1S/C26H26N2O4/c1-3-24(29)20-12-14-21(15-13-20)32-17-25(30)28-23-7-5-4-6-22(23)26(31)27-16-19-10-8-18(2)9-11-19/h4-15H,3,16-17H2,1-2H3,(H,27,31)(H,28,30). The molecule has 32 heavy (non-hydrogen) atoms. The molecule has 0 saturated carbocycles. The van der Waals surface area contributed by atoms with E-state index in [-0.39, 0.29) is 18.3 Å². The Labute approximate surface area is 187 Å². The third-order valence-electron chi connectivity index (χ3n) is 4.89. The summed E-state index contributed by atoms with van der Waals surface area (Å²) in [5.41, 5.74) is 3.53. The third kappa shape index (κ3) is 6.28. The molecule has 2 N–H and O–H groups in total. The number of carbonyl (C=O) groups is 3. The highest BCUT2D eigenvalue weighted by atomic mass is 16.5. The monoisotopic (exact) mass is 430 g/mol. The van der Waals surface area contributed by atoms with Crippen LogP contribution < -0.4 is 15.4 Å². The number of anilines is 1. The first-order chi connectivity index (χ1) is 15.5. The second-order valence-electron chi connectivity index (χ2n) is 7.35. The number of Topliss-reactive ketones (excluding diaryl/α,β-unsaturated/α-hetero) is 1. The minimum absolute atomic E-state index is 0.0477. The molecule has 0 aliphatic rings. The maximum Gasteiger partial charge on any atom is 0.262 e. The lowest BCUT2D eigenvalue weighted by Gasteiger charge is -2.12. The molecule has 0 atom stereocenters. The van der Waals surface area contributed by atoms with Crippen molar-refractivity contribution in [1.82, 2.24) is 5.32 Å². The highest BCUT2D eigenvalue weighted by molar-refractivity contribution is 6.04. The molecule has 0 bridgehead atoms. The molecule has 0 aliphatic carbocycles. The maximum atomic E-state index is 12.7. The van der Waals surface area contributed by atoms with Crippen LogP contribution in [0.5, 0.6) is 5.75 Å². The van der Waals surface area contributed by atoms with E-state index < -0.39 is 5.91 Å². The fourth-order valence-corrected chi connectivity index (χ4v) is 3.05. The van der Waals surface area contributed by atoms with E-state index in [1.807, 2.05) is 31.2 Å². The molecule has 0 aliphatic heterocycles. The molecule has 164 valence electrons. The van der Waals surface area contributed by atoms with Gasteiger partial charge in [0.1, 0.15) is 5.75 Å². The fraction of sp³-hybridized carbons (Fsp3) is 0.192. The van der Waals surface area contributed by atoms with Crippen molar-refractivity contribution in [3.8, 4) is 5.75 Å². The summed E-state index contributed by atoms with van der Waals surface area (Å²) in [6.45, 7) is 3.98. The number of hydrogen-bond donors (Lipinski definition) is 2. The van der Waals surface area contributed by atoms with Gasteiger partial charge in [-0.1, -0.05) is 48.9 Å². The van der Waals surface area contributed by atoms with Gasteiger partial charge in [-0.2, -0.15) is 0 Å². The second-order valence-corrected chi connectivity index (χ2v) is 7.35. The Kier molecular flexibility index (Phi) is 7.75. The number of para-hydroxylation sites is 1. The summed E-state index contributed by atoms with van der Waals surface area (Å²) >= 11 is 0. The molecule has 2 amide bonds. The van der Waals surface area contributed by atoms with E-state index in [1.165, 1.54) is 0 Å². The summed E-state index contributed by atoms with van der Waals surface area (Å²) in [5.74, 6) is -0.139. The van der Waals surface area contributed by atoms with Gasteiger partial charge in [0.25, 0.3) is 11.8 Å².